The Balaban J connectivity index is 1.89. The Kier molecular flexibility index (Phi) is 6.03. The highest BCUT2D eigenvalue weighted by atomic mass is 16.5. The lowest BCUT2D eigenvalue weighted by atomic mass is 10.1. The predicted octanol–water partition coefficient (Wildman–Crippen LogP) is 1.97. The molecule has 21 heavy (non-hydrogen) atoms. The Morgan fingerprint density at radius 2 is 1.67 bits per heavy atom. The number of rotatable bonds is 6. The summed E-state index contributed by atoms with van der Waals surface area (Å²) in [5.41, 5.74) is 1.26. The van der Waals surface area contributed by atoms with Gasteiger partial charge < -0.3 is 9.84 Å². The third kappa shape index (κ3) is 5.30. The van der Waals surface area contributed by atoms with Gasteiger partial charge in [-0.25, -0.2) is 0 Å². The number of aliphatic hydroxyl groups excluding tert-OH is 1. The maximum Gasteiger partial charge on any atom is 0.124 e. The number of hydrogen-bond acceptors (Lipinski definition) is 4. The lowest BCUT2D eigenvalue weighted by Crippen LogP contribution is -2.47. The van der Waals surface area contributed by atoms with Gasteiger partial charge in [0.1, 0.15) is 5.75 Å². The molecular formula is C17H28N2O2. The van der Waals surface area contributed by atoms with E-state index in [4.69, 9.17) is 4.74 Å². The van der Waals surface area contributed by atoms with Crippen LogP contribution < -0.4 is 4.74 Å². The van der Waals surface area contributed by atoms with Crippen molar-refractivity contribution < 1.29 is 9.84 Å². The Morgan fingerprint density at radius 1 is 1.05 bits per heavy atom. The maximum atomic E-state index is 9.45. The first-order valence-corrected chi connectivity index (χ1v) is 7.92. The summed E-state index contributed by atoms with van der Waals surface area (Å²) in [7, 11) is 0. The quantitative estimate of drug-likeness (QED) is 0.869. The molecule has 0 amide bonds. The average Bonchev–Trinajstić information content (AvgIpc) is 2.42. The van der Waals surface area contributed by atoms with Gasteiger partial charge in [-0.2, -0.15) is 0 Å². The van der Waals surface area contributed by atoms with Crippen LogP contribution >= 0.6 is 0 Å². The number of para-hydroxylation sites is 1. The molecule has 1 N–H and O–H groups in total. The molecule has 1 aliphatic heterocycles. The topological polar surface area (TPSA) is 35.9 Å². The van der Waals surface area contributed by atoms with Crippen molar-refractivity contribution >= 4 is 0 Å². The Hall–Kier alpha value is -1.10. The van der Waals surface area contributed by atoms with Crippen LogP contribution in [0.4, 0.5) is 0 Å². The van der Waals surface area contributed by atoms with Gasteiger partial charge in [0, 0.05) is 44.8 Å². The van der Waals surface area contributed by atoms with E-state index < -0.39 is 0 Å². The van der Waals surface area contributed by atoms with Crippen LogP contribution in [0.2, 0.25) is 0 Å². The minimum atomic E-state index is -0.239. The van der Waals surface area contributed by atoms with Crippen LogP contribution in [0.3, 0.4) is 0 Å². The summed E-state index contributed by atoms with van der Waals surface area (Å²) in [6.07, 6.45) is -0.0363. The number of nitrogens with zero attached hydrogens (tertiary/aromatic N) is 2. The van der Waals surface area contributed by atoms with Crippen LogP contribution in [0.1, 0.15) is 26.3 Å². The smallest absolute Gasteiger partial charge is 0.124 e. The second kappa shape index (κ2) is 7.78. The van der Waals surface area contributed by atoms with Crippen LogP contribution in [-0.2, 0) is 6.54 Å². The van der Waals surface area contributed by atoms with E-state index in [0.29, 0.717) is 0 Å². The molecule has 0 aromatic heterocycles. The van der Waals surface area contributed by atoms with Crippen molar-refractivity contribution in [1.82, 2.24) is 9.80 Å². The minimum absolute atomic E-state index is 0.203. The molecule has 1 aromatic carbocycles. The van der Waals surface area contributed by atoms with Crippen LogP contribution in [0.5, 0.6) is 5.75 Å². The van der Waals surface area contributed by atoms with Crippen LogP contribution in [-0.4, -0.2) is 59.8 Å². The molecule has 0 radical (unpaired) electrons. The predicted molar refractivity (Wildman–Crippen MR) is 85.6 cm³/mol. The highest BCUT2D eigenvalue weighted by molar-refractivity contribution is 5.33. The summed E-state index contributed by atoms with van der Waals surface area (Å²) >= 11 is 0. The number of β-amino-alcohol motifs (C(OH)–C–C–N with tert-alkyl or cyclic N) is 1. The lowest BCUT2D eigenvalue weighted by Gasteiger charge is -2.35. The molecule has 118 valence electrons. The molecule has 1 aliphatic rings. The zero-order chi connectivity index (χ0) is 15.2. The van der Waals surface area contributed by atoms with Crippen LogP contribution in [0.15, 0.2) is 24.3 Å². The molecule has 0 spiro atoms. The molecule has 0 unspecified atom stereocenters. The number of aliphatic hydroxyl groups is 1. The fraction of sp³-hybridized carbons (Fsp3) is 0.647. The summed E-state index contributed by atoms with van der Waals surface area (Å²) in [6, 6.07) is 8.31. The van der Waals surface area contributed by atoms with E-state index in [0.717, 1.165) is 45.0 Å². The molecule has 4 heteroatoms. The summed E-state index contributed by atoms with van der Waals surface area (Å²) in [5, 5.41) is 9.45. The second-order valence-electron chi connectivity index (χ2n) is 6.20. The van der Waals surface area contributed by atoms with Gasteiger partial charge in [0.05, 0.1) is 12.2 Å². The summed E-state index contributed by atoms with van der Waals surface area (Å²) < 4.78 is 5.89. The van der Waals surface area contributed by atoms with Crippen molar-refractivity contribution in [3.63, 3.8) is 0 Å². The van der Waals surface area contributed by atoms with Crippen molar-refractivity contribution in [2.24, 2.45) is 0 Å². The zero-order valence-electron chi connectivity index (χ0n) is 13.5. The average molecular weight is 292 g/mol. The number of benzene rings is 1. The third-order valence-corrected chi connectivity index (χ3v) is 3.72. The molecule has 0 aliphatic carbocycles. The highest BCUT2D eigenvalue weighted by Crippen LogP contribution is 2.21. The summed E-state index contributed by atoms with van der Waals surface area (Å²) in [5.74, 6) is 0.999. The Bertz CT molecular complexity index is 427. The Labute approximate surface area is 128 Å². The minimum Gasteiger partial charge on any atom is -0.491 e. The van der Waals surface area contributed by atoms with Crippen molar-refractivity contribution in [3.05, 3.63) is 29.8 Å². The van der Waals surface area contributed by atoms with E-state index in [-0.39, 0.29) is 12.2 Å². The summed E-state index contributed by atoms with van der Waals surface area (Å²) in [6.45, 7) is 11.8. The monoisotopic (exact) mass is 292 g/mol. The molecule has 0 saturated carbocycles. The van der Waals surface area contributed by atoms with Gasteiger partial charge in [-0.05, 0) is 26.8 Å². The third-order valence-electron chi connectivity index (χ3n) is 3.72. The first-order chi connectivity index (χ1) is 10.0. The van der Waals surface area contributed by atoms with Crippen LogP contribution in [0, 0.1) is 0 Å². The van der Waals surface area contributed by atoms with Gasteiger partial charge in [0.25, 0.3) is 0 Å². The SMILES string of the molecule is CC(C)Oc1ccccc1CN1CCN(C[C@H](C)O)CC1. The molecule has 1 aromatic rings. The van der Waals surface area contributed by atoms with E-state index in [1.54, 1.807) is 0 Å². The van der Waals surface area contributed by atoms with Crippen molar-refractivity contribution in [3.8, 4) is 5.75 Å². The van der Waals surface area contributed by atoms with Gasteiger partial charge in [0.2, 0.25) is 0 Å². The summed E-state index contributed by atoms with van der Waals surface area (Å²) in [4.78, 5) is 4.79. The first-order valence-electron chi connectivity index (χ1n) is 7.92. The normalized spacial score (nSPS) is 18.9. The molecule has 1 heterocycles. The fourth-order valence-electron chi connectivity index (χ4n) is 2.75. The zero-order valence-corrected chi connectivity index (χ0v) is 13.5. The lowest BCUT2D eigenvalue weighted by molar-refractivity contribution is 0.0775. The van der Waals surface area contributed by atoms with E-state index in [1.165, 1.54) is 5.56 Å². The van der Waals surface area contributed by atoms with Gasteiger partial charge >= 0.3 is 0 Å². The van der Waals surface area contributed by atoms with E-state index in [9.17, 15) is 5.11 Å². The molecule has 1 atom stereocenters. The van der Waals surface area contributed by atoms with E-state index in [2.05, 4.69) is 41.8 Å². The number of hydrogen-bond donors (Lipinski definition) is 1. The van der Waals surface area contributed by atoms with Crippen molar-refractivity contribution in [2.75, 3.05) is 32.7 Å². The van der Waals surface area contributed by atoms with E-state index in [1.807, 2.05) is 13.0 Å². The van der Waals surface area contributed by atoms with Crippen LogP contribution in [0.25, 0.3) is 0 Å². The second-order valence-corrected chi connectivity index (χ2v) is 6.20. The standard InChI is InChI=1S/C17H28N2O2/c1-14(2)21-17-7-5-4-6-16(17)13-19-10-8-18(9-11-19)12-15(3)20/h4-7,14-15,20H,8-13H2,1-3H3/t15-/m0/s1. The molecular weight excluding hydrogens is 264 g/mol. The fourth-order valence-corrected chi connectivity index (χ4v) is 2.75. The molecule has 2 rings (SSSR count). The molecule has 1 saturated heterocycles. The number of piperazine rings is 1. The Morgan fingerprint density at radius 3 is 2.29 bits per heavy atom. The van der Waals surface area contributed by atoms with Crippen molar-refractivity contribution in [2.45, 2.75) is 39.5 Å². The van der Waals surface area contributed by atoms with Gasteiger partial charge in [-0.3, -0.25) is 9.80 Å². The molecule has 0 bridgehead atoms. The molecule has 1 fully saturated rings. The maximum absolute atomic E-state index is 9.45. The number of ether oxygens (including phenoxy) is 1. The van der Waals surface area contributed by atoms with Gasteiger partial charge in [0.15, 0.2) is 0 Å². The van der Waals surface area contributed by atoms with Gasteiger partial charge in [-0.1, -0.05) is 18.2 Å². The van der Waals surface area contributed by atoms with Gasteiger partial charge in [-0.15, -0.1) is 0 Å². The van der Waals surface area contributed by atoms with Crippen molar-refractivity contribution in [1.29, 1.82) is 0 Å². The molecule has 4 nitrogen and oxygen atoms in total. The van der Waals surface area contributed by atoms with E-state index >= 15 is 0 Å². The highest BCUT2D eigenvalue weighted by Gasteiger charge is 2.19. The largest absolute Gasteiger partial charge is 0.491 e. The first kappa shape index (κ1) is 16.3.